The first kappa shape index (κ1) is 37.1. The van der Waals surface area contributed by atoms with Crippen LogP contribution in [0.25, 0.3) is 66.6 Å². The zero-order valence-electron chi connectivity index (χ0n) is 29.8. The Bertz CT molecular complexity index is 2630. The molecular weight excluding hydrogens is 721 g/mol. The molecule has 0 unspecified atom stereocenters. The smallest absolute Gasteiger partial charge is 0.336 e. The van der Waals surface area contributed by atoms with Gasteiger partial charge in [-0.25, -0.2) is 37.1 Å². The average Bonchev–Trinajstić information content (AvgIpc) is 3.18. The molecule has 0 aliphatic rings. The Balaban J connectivity index is 0.000000172. The van der Waals surface area contributed by atoms with Gasteiger partial charge in [0.15, 0.2) is 0 Å². The summed E-state index contributed by atoms with van der Waals surface area (Å²) in [6.07, 6.45) is 0. The normalized spacial score (nSPS) is 11.0. The zero-order chi connectivity index (χ0) is 39.7. The van der Waals surface area contributed by atoms with Gasteiger partial charge in [0.1, 0.15) is 23.3 Å². The van der Waals surface area contributed by atoms with Gasteiger partial charge in [-0.1, -0.05) is 84.9 Å². The highest BCUT2D eigenvalue weighted by molar-refractivity contribution is 6.06. The first-order chi connectivity index (χ1) is 26.9. The maximum absolute atomic E-state index is 14.0. The van der Waals surface area contributed by atoms with Crippen molar-refractivity contribution in [3.05, 3.63) is 179 Å². The molecule has 0 saturated carbocycles. The molecule has 0 saturated heterocycles. The van der Waals surface area contributed by atoms with Crippen LogP contribution in [-0.2, 0) is 0 Å². The quantitative estimate of drug-likeness (QED) is 0.164. The molecule has 0 bridgehead atoms. The number of aromatic nitrogens is 2. The lowest BCUT2D eigenvalue weighted by Gasteiger charge is -2.13. The number of aromatic carboxylic acids is 2. The number of fused-ring (bicyclic) bond motifs is 2. The van der Waals surface area contributed by atoms with Crippen LogP contribution in [0.5, 0.6) is 0 Å². The first-order valence-corrected chi connectivity index (χ1v) is 17.3. The molecule has 0 spiro atoms. The molecule has 0 aliphatic carbocycles. The van der Waals surface area contributed by atoms with Crippen LogP contribution in [0.4, 0.5) is 17.6 Å². The maximum Gasteiger partial charge on any atom is 0.336 e. The lowest BCUT2D eigenvalue weighted by Crippen LogP contribution is -2.05. The Morgan fingerprint density at radius 1 is 0.464 bits per heavy atom. The van der Waals surface area contributed by atoms with Gasteiger partial charge in [0, 0.05) is 33.0 Å². The largest absolute Gasteiger partial charge is 0.478 e. The minimum atomic E-state index is -1.14. The minimum absolute atomic E-state index is 0.0256. The summed E-state index contributed by atoms with van der Waals surface area (Å²) in [4.78, 5) is 32.7. The van der Waals surface area contributed by atoms with E-state index in [0.29, 0.717) is 66.9 Å². The zero-order valence-corrected chi connectivity index (χ0v) is 29.8. The van der Waals surface area contributed by atoms with Gasteiger partial charge in [0.05, 0.1) is 33.5 Å². The first-order valence-electron chi connectivity index (χ1n) is 17.3. The highest BCUT2D eigenvalue weighted by atomic mass is 19.1. The van der Waals surface area contributed by atoms with Gasteiger partial charge in [0.25, 0.3) is 0 Å². The third-order valence-electron chi connectivity index (χ3n) is 9.49. The second-order valence-electron chi connectivity index (χ2n) is 13.0. The third kappa shape index (κ3) is 7.20. The van der Waals surface area contributed by atoms with Crippen molar-refractivity contribution in [1.29, 1.82) is 0 Å². The summed E-state index contributed by atoms with van der Waals surface area (Å²) < 4.78 is 55.3. The number of carboxylic acid groups (broad SMARTS) is 2. The molecule has 0 amide bonds. The number of nitrogens with zero attached hydrogens (tertiary/aromatic N) is 2. The highest BCUT2D eigenvalue weighted by Gasteiger charge is 2.21. The Morgan fingerprint density at radius 3 is 1.14 bits per heavy atom. The molecule has 2 aromatic heterocycles. The minimum Gasteiger partial charge on any atom is -0.478 e. The number of rotatable bonds is 6. The third-order valence-corrected chi connectivity index (χ3v) is 9.49. The van der Waals surface area contributed by atoms with E-state index in [4.69, 9.17) is 0 Å². The van der Waals surface area contributed by atoms with Crippen LogP contribution in [0.1, 0.15) is 31.8 Å². The van der Waals surface area contributed by atoms with Crippen LogP contribution in [0.3, 0.4) is 0 Å². The molecule has 8 rings (SSSR count). The van der Waals surface area contributed by atoms with Crippen molar-refractivity contribution >= 4 is 33.7 Å². The van der Waals surface area contributed by atoms with E-state index < -0.39 is 23.6 Å². The molecule has 0 radical (unpaired) electrons. The van der Waals surface area contributed by atoms with E-state index in [1.165, 1.54) is 48.5 Å². The van der Waals surface area contributed by atoms with Crippen molar-refractivity contribution in [3.63, 3.8) is 0 Å². The highest BCUT2D eigenvalue weighted by Crippen LogP contribution is 2.34. The Labute approximate surface area is 318 Å². The summed E-state index contributed by atoms with van der Waals surface area (Å²) in [5.74, 6) is -3.94. The fraction of sp³-hybridized carbons (Fsp3) is 0.0435. The monoisotopic (exact) mass is 750 g/mol. The number of hydrogen-bond acceptors (Lipinski definition) is 4. The predicted octanol–water partition coefficient (Wildman–Crippen LogP) is 11.7. The van der Waals surface area contributed by atoms with Crippen molar-refractivity contribution in [3.8, 4) is 44.8 Å². The van der Waals surface area contributed by atoms with Gasteiger partial charge in [0.2, 0.25) is 0 Å². The second-order valence-corrected chi connectivity index (χ2v) is 13.0. The van der Waals surface area contributed by atoms with E-state index in [0.717, 1.165) is 0 Å². The Kier molecular flexibility index (Phi) is 10.1. The van der Waals surface area contributed by atoms with E-state index in [1.54, 1.807) is 98.8 Å². The van der Waals surface area contributed by atoms with Crippen LogP contribution in [0, 0.1) is 37.1 Å². The predicted molar refractivity (Wildman–Crippen MR) is 208 cm³/mol. The Hall–Kier alpha value is -7.20. The van der Waals surface area contributed by atoms with Crippen molar-refractivity contribution in [1.82, 2.24) is 9.97 Å². The topological polar surface area (TPSA) is 100 Å². The van der Waals surface area contributed by atoms with Crippen LogP contribution in [0.15, 0.2) is 133 Å². The van der Waals surface area contributed by atoms with Crippen LogP contribution in [0.2, 0.25) is 0 Å². The van der Waals surface area contributed by atoms with Gasteiger partial charge in [-0.2, -0.15) is 0 Å². The molecule has 8 aromatic rings. The summed E-state index contributed by atoms with van der Waals surface area (Å²) in [7, 11) is 0. The van der Waals surface area contributed by atoms with E-state index in [2.05, 4.69) is 9.97 Å². The molecule has 6 aromatic carbocycles. The molecule has 0 atom stereocenters. The van der Waals surface area contributed by atoms with Gasteiger partial charge in [-0.3, -0.25) is 0 Å². The molecule has 276 valence electrons. The number of benzene rings is 6. The lowest BCUT2D eigenvalue weighted by atomic mass is 9.96. The molecule has 0 fully saturated rings. The van der Waals surface area contributed by atoms with Crippen molar-refractivity contribution < 1.29 is 37.4 Å². The summed E-state index contributed by atoms with van der Waals surface area (Å²) in [5, 5.41) is 19.8. The number of pyridine rings is 2. The van der Waals surface area contributed by atoms with E-state index in [-0.39, 0.29) is 33.5 Å². The van der Waals surface area contributed by atoms with Gasteiger partial charge in [-0.05, 0) is 84.6 Å². The molecule has 0 aliphatic heterocycles. The van der Waals surface area contributed by atoms with Crippen LogP contribution < -0.4 is 0 Å². The second kappa shape index (κ2) is 15.3. The van der Waals surface area contributed by atoms with Crippen molar-refractivity contribution in [2.24, 2.45) is 0 Å². The fourth-order valence-corrected chi connectivity index (χ4v) is 6.78. The number of hydrogen-bond donors (Lipinski definition) is 2. The summed E-state index contributed by atoms with van der Waals surface area (Å²) >= 11 is 0. The molecule has 2 N–H and O–H groups in total. The van der Waals surface area contributed by atoms with Gasteiger partial charge >= 0.3 is 11.9 Å². The van der Waals surface area contributed by atoms with Crippen LogP contribution in [-0.4, -0.2) is 32.1 Å². The number of halogens is 4. The fourth-order valence-electron chi connectivity index (χ4n) is 6.78. The molecule has 6 nitrogen and oxygen atoms in total. The maximum atomic E-state index is 14.0. The van der Waals surface area contributed by atoms with E-state index in [9.17, 15) is 37.4 Å². The summed E-state index contributed by atoms with van der Waals surface area (Å²) in [6, 6.07) is 35.0. The standard InChI is InChI=1S/2C23H15F2NO2/c2*1-13-21(23(27)28)18-12-16(24)10-11-20(18)26-22(13)15-8-6-14(7-9-15)17-4-2-3-5-19(17)25/h2*2-12H,1H3,(H,27,28). The summed E-state index contributed by atoms with van der Waals surface area (Å²) in [5.41, 5.74) is 6.53. The molecule has 56 heavy (non-hydrogen) atoms. The SMILES string of the molecule is Cc1c(-c2ccc(-c3ccccc3F)cc2)nc2ccc(F)cc2c1C(=O)O.Cc1c(-c2ccc(-c3ccccc3F)cc2)nc2ccc(F)cc2c1C(=O)O. The molecule has 10 heteroatoms. The van der Waals surface area contributed by atoms with E-state index >= 15 is 0 Å². The van der Waals surface area contributed by atoms with Crippen molar-refractivity contribution in [2.75, 3.05) is 0 Å². The Morgan fingerprint density at radius 2 is 0.804 bits per heavy atom. The van der Waals surface area contributed by atoms with Crippen molar-refractivity contribution in [2.45, 2.75) is 13.8 Å². The van der Waals surface area contributed by atoms with E-state index in [1.807, 2.05) is 0 Å². The van der Waals surface area contributed by atoms with Crippen LogP contribution >= 0.6 is 0 Å². The summed E-state index contributed by atoms with van der Waals surface area (Å²) in [6.45, 7) is 3.31. The number of carboxylic acids is 2. The molecule has 2 heterocycles. The number of carbonyl (C=O) groups is 2. The van der Waals surface area contributed by atoms with Gasteiger partial charge < -0.3 is 10.2 Å². The average molecular weight is 751 g/mol. The van der Waals surface area contributed by atoms with Gasteiger partial charge in [-0.15, -0.1) is 0 Å². The lowest BCUT2D eigenvalue weighted by molar-refractivity contribution is 0.0687. The molecular formula is C46H30F4N2O4.